The second kappa shape index (κ2) is 3.47. The molecule has 0 atom stereocenters. The Morgan fingerprint density at radius 1 is 1.20 bits per heavy atom. The molecule has 15 heavy (non-hydrogen) atoms. The normalized spacial score (nSPS) is 11.0. The van der Waals surface area contributed by atoms with Crippen molar-refractivity contribution in [2.45, 2.75) is 0 Å². The molecule has 0 bridgehead atoms. The number of hydrogen-bond donors (Lipinski definition) is 0. The third kappa shape index (κ3) is 1.60. The number of thiophene rings is 1. The van der Waals surface area contributed by atoms with Gasteiger partial charge in [0.25, 0.3) is 0 Å². The van der Waals surface area contributed by atoms with Crippen LogP contribution in [0.3, 0.4) is 0 Å². The summed E-state index contributed by atoms with van der Waals surface area (Å²) in [6.45, 7) is 0. The van der Waals surface area contributed by atoms with E-state index in [0.29, 0.717) is 0 Å². The molecule has 0 amide bonds. The first-order valence-corrected chi connectivity index (χ1v) is 6.23. The Morgan fingerprint density at radius 2 is 2.13 bits per heavy atom. The standard InChI is InChI=1S/C11H7BrN2S/c12-9-1-2-11-13-10(6-14(11)5-9)8-3-4-15-7-8/h1-7H. The predicted molar refractivity (Wildman–Crippen MR) is 66.2 cm³/mol. The number of imidazole rings is 1. The van der Waals surface area contributed by atoms with Crippen LogP contribution in [0.4, 0.5) is 0 Å². The van der Waals surface area contributed by atoms with E-state index in [-0.39, 0.29) is 0 Å². The van der Waals surface area contributed by atoms with Gasteiger partial charge in [0, 0.05) is 27.8 Å². The Balaban J connectivity index is 2.22. The van der Waals surface area contributed by atoms with Gasteiger partial charge in [0.2, 0.25) is 0 Å². The molecule has 0 aliphatic heterocycles. The zero-order valence-electron chi connectivity index (χ0n) is 7.72. The molecule has 0 aliphatic rings. The van der Waals surface area contributed by atoms with Crippen molar-refractivity contribution < 1.29 is 0 Å². The van der Waals surface area contributed by atoms with Crippen LogP contribution in [0.15, 0.2) is 45.8 Å². The lowest BCUT2D eigenvalue weighted by Gasteiger charge is -1.91. The molecule has 0 aliphatic carbocycles. The Kier molecular flexibility index (Phi) is 2.11. The molecule has 0 saturated heterocycles. The maximum atomic E-state index is 4.55. The van der Waals surface area contributed by atoms with Gasteiger partial charge in [0.1, 0.15) is 5.65 Å². The highest BCUT2D eigenvalue weighted by atomic mass is 79.9. The molecule has 0 N–H and O–H groups in total. The Bertz CT molecular complexity index is 598. The molecule has 0 aromatic carbocycles. The number of rotatable bonds is 1. The Hall–Kier alpha value is -1.13. The van der Waals surface area contributed by atoms with Gasteiger partial charge in [-0.05, 0) is 39.5 Å². The third-order valence-corrected chi connectivity index (χ3v) is 3.38. The van der Waals surface area contributed by atoms with E-state index in [9.17, 15) is 0 Å². The lowest BCUT2D eigenvalue weighted by molar-refractivity contribution is 1.17. The number of halogens is 1. The fourth-order valence-electron chi connectivity index (χ4n) is 1.51. The number of pyridine rings is 1. The summed E-state index contributed by atoms with van der Waals surface area (Å²) in [5, 5.41) is 4.17. The van der Waals surface area contributed by atoms with E-state index >= 15 is 0 Å². The number of hydrogen-bond acceptors (Lipinski definition) is 2. The molecule has 3 rings (SSSR count). The van der Waals surface area contributed by atoms with E-state index in [4.69, 9.17) is 0 Å². The van der Waals surface area contributed by atoms with E-state index in [2.05, 4.69) is 37.7 Å². The second-order valence-electron chi connectivity index (χ2n) is 3.25. The second-order valence-corrected chi connectivity index (χ2v) is 4.95. The average Bonchev–Trinajstić information content (AvgIpc) is 2.84. The topological polar surface area (TPSA) is 17.3 Å². The zero-order chi connectivity index (χ0) is 10.3. The summed E-state index contributed by atoms with van der Waals surface area (Å²) in [5.41, 5.74) is 3.17. The molecule has 74 valence electrons. The predicted octanol–water partition coefficient (Wildman–Crippen LogP) is 3.83. The van der Waals surface area contributed by atoms with Gasteiger partial charge in [0.15, 0.2) is 0 Å². The SMILES string of the molecule is Brc1ccc2nc(-c3ccsc3)cn2c1. The molecule has 3 heterocycles. The molecule has 3 aromatic heterocycles. The van der Waals surface area contributed by atoms with Crippen molar-refractivity contribution in [2.75, 3.05) is 0 Å². The molecule has 0 radical (unpaired) electrons. The van der Waals surface area contributed by atoms with Crippen LogP contribution in [0, 0.1) is 0 Å². The zero-order valence-corrected chi connectivity index (χ0v) is 10.1. The highest BCUT2D eigenvalue weighted by molar-refractivity contribution is 9.10. The fraction of sp³-hybridized carbons (Fsp3) is 0. The highest BCUT2D eigenvalue weighted by Gasteiger charge is 2.04. The third-order valence-electron chi connectivity index (χ3n) is 2.23. The van der Waals surface area contributed by atoms with Crippen LogP contribution in [0.5, 0.6) is 0 Å². The summed E-state index contributed by atoms with van der Waals surface area (Å²) < 4.78 is 3.08. The van der Waals surface area contributed by atoms with Crippen molar-refractivity contribution in [3.63, 3.8) is 0 Å². The summed E-state index contributed by atoms with van der Waals surface area (Å²) in [7, 11) is 0. The van der Waals surface area contributed by atoms with Crippen LogP contribution in [0.1, 0.15) is 0 Å². The van der Waals surface area contributed by atoms with Gasteiger partial charge in [-0.3, -0.25) is 0 Å². The lowest BCUT2D eigenvalue weighted by atomic mass is 10.3. The molecule has 0 spiro atoms. The number of nitrogens with zero attached hydrogens (tertiary/aromatic N) is 2. The minimum atomic E-state index is 0.972. The van der Waals surface area contributed by atoms with E-state index in [0.717, 1.165) is 15.8 Å². The molecular formula is C11H7BrN2S. The van der Waals surface area contributed by atoms with Crippen molar-refractivity contribution in [3.05, 3.63) is 45.8 Å². The minimum absolute atomic E-state index is 0.972. The van der Waals surface area contributed by atoms with Crippen LogP contribution in [0.25, 0.3) is 16.9 Å². The fourth-order valence-corrected chi connectivity index (χ4v) is 2.52. The van der Waals surface area contributed by atoms with Crippen molar-refractivity contribution in [1.82, 2.24) is 9.38 Å². The maximum Gasteiger partial charge on any atom is 0.137 e. The van der Waals surface area contributed by atoms with Crippen molar-refractivity contribution in [3.8, 4) is 11.3 Å². The van der Waals surface area contributed by atoms with E-state index in [1.807, 2.05) is 28.9 Å². The molecule has 4 heteroatoms. The van der Waals surface area contributed by atoms with E-state index < -0.39 is 0 Å². The van der Waals surface area contributed by atoms with Gasteiger partial charge < -0.3 is 4.40 Å². The van der Waals surface area contributed by atoms with Gasteiger partial charge in [-0.1, -0.05) is 0 Å². The summed E-state index contributed by atoms with van der Waals surface area (Å²) in [5.74, 6) is 0. The van der Waals surface area contributed by atoms with Gasteiger partial charge in [-0.15, -0.1) is 0 Å². The average molecular weight is 279 g/mol. The molecule has 2 nitrogen and oxygen atoms in total. The number of aromatic nitrogens is 2. The van der Waals surface area contributed by atoms with Gasteiger partial charge >= 0.3 is 0 Å². The Labute approximate surface area is 99.3 Å². The molecule has 0 fully saturated rings. The van der Waals surface area contributed by atoms with Crippen molar-refractivity contribution in [2.24, 2.45) is 0 Å². The van der Waals surface area contributed by atoms with E-state index in [1.165, 1.54) is 5.56 Å². The molecule has 0 saturated carbocycles. The first kappa shape index (κ1) is 9.12. The maximum absolute atomic E-state index is 4.55. The van der Waals surface area contributed by atoms with Crippen LogP contribution >= 0.6 is 27.3 Å². The van der Waals surface area contributed by atoms with Gasteiger partial charge in [0.05, 0.1) is 5.69 Å². The largest absolute Gasteiger partial charge is 0.305 e. The van der Waals surface area contributed by atoms with Gasteiger partial charge in [-0.25, -0.2) is 4.98 Å². The molecule has 3 aromatic rings. The smallest absolute Gasteiger partial charge is 0.137 e. The molecule has 0 unspecified atom stereocenters. The first-order valence-electron chi connectivity index (χ1n) is 4.50. The monoisotopic (exact) mass is 278 g/mol. The van der Waals surface area contributed by atoms with E-state index in [1.54, 1.807) is 11.3 Å². The lowest BCUT2D eigenvalue weighted by Crippen LogP contribution is -1.80. The van der Waals surface area contributed by atoms with Crippen LogP contribution in [-0.2, 0) is 0 Å². The van der Waals surface area contributed by atoms with Crippen molar-refractivity contribution >= 4 is 32.9 Å². The summed E-state index contributed by atoms with van der Waals surface area (Å²) in [4.78, 5) is 4.55. The summed E-state index contributed by atoms with van der Waals surface area (Å²) in [6.07, 6.45) is 4.06. The van der Waals surface area contributed by atoms with Crippen LogP contribution in [-0.4, -0.2) is 9.38 Å². The van der Waals surface area contributed by atoms with Gasteiger partial charge in [-0.2, -0.15) is 11.3 Å². The van der Waals surface area contributed by atoms with Crippen LogP contribution < -0.4 is 0 Å². The van der Waals surface area contributed by atoms with Crippen LogP contribution in [0.2, 0.25) is 0 Å². The summed E-state index contributed by atoms with van der Waals surface area (Å²) >= 11 is 5.13. The highest BCUT2D eigenvalue weighted by Crippen LogP contribution is 2.22. The first-order chi connectivity index (χ1) is 7.33. The minimum Gasteiger partial charge on any atom is -0.305 e. The van der Waals surface area contributed by atoms with Crippen molar-refractivity contribution in [1.29, 1.82) is 0 Å². The summed E-state index contributed by atoms with van der Waals surface area (Å²) in [6, 6.07) is 6.08. The number of fused-ring (bicyclic) bond motifs is 1. The Morgan fingerprint density at radius 3 is 2.93 bits per heavy atom. The molecular weight excluding hydrogens is 272 g/mol. The quantitative estimate of drug-likeness (QED) is 0.661.